The van der Waals surface area contributed by atoms with Crippen LogP contribution in [0.3, 0.4) is 0 Å². The van der Waals surface area contributed by atoms with Gasteiger partial charge < -0.3 is 10.2 Å². The van der Waals surface area contributed by atoms with Gasteiger partial charge in [-0.25, -0.2) is 0 Å². The Hall–Kier alpha value is -0.600. The van der Waals surface area contributed by atoms with Crippen molar-refractivity contribution in [2.24, 2.45) is 40.4 Å². The van der Waals surface area contributed by atoms with Crippen LogP contribution in [-0.2, 0) is 0 Å². The third kappa shape index (κ3) is 4.10. The molecule has 0 radical (unpaired) electrons. The van der Waals surface area contributed by atoms with Gasteiger partial charge in [0.1, 0.15) is 0 Å². The van der Waals surface area contributed by atoms with Crippen molar-refractivity contribution in [2.75, 3.05) is 0 Å². The molecule has 4 aliphatic rings. The summed E-state index contributed by atoms with van der Waals surface area (Å²) in [7, 11) is 0. The van der Waals surface area contributed by atoms with E-state index in [4.69, 9.17) is 0 Å². The van der Waals surface area contributed by atoms with Gasteiger partial charge >= 0.3 is 0 Å². The first-order valence-corrected chi connectivity index (χ1v) is 13.2. The average molecular weight is 429 g/mol. The van der Waals surface area contributed by atoms with Gasteiger partial charge in [0.25, 0.3) is 0 Å². The molecule has 2 nitrogen and oxygen atoms in total. The van der Waals surface area contributed by atoms with Crippen LogP contribution < -0.4 is 0 Å². The minimum atomic E-state index is -0.666. The molecule has 31 heavy (non-hydrogen) atoms. The van der Waals surface area contributed by atoms with E-state index in [-0.39, 0.29) is 0 Å². The maximum atomic E-state index is 10.7. The van der Waals surface area contributed by atoms with Crippen LogP contribution in [0.2, 0.25) is 0 Å². The molecule has 0 aromatic heterocycles. The molecule has 0 aromatic rings. The first-order chi connectivity index (χ1) is 14.4. The van der Waals surface area contributed by atoms with Gasteiger partial charge in [-0.15, -0.1) is 0 Å². The molecule has 0 aromatic carbocycles. The van der Waals surface area contributed by atoms with Crippen molar-refractivity contribution in [3.8, 4) is 0 Å². The van der Waals surface area contributed by atoms with Crippen LogP contribution in [-0.4, -0.2) is 21.4 Å². The van der Waals surface area contributed by atoms with Crippen molar-refractivity contribution >= 4 is 0 Å². The topological polar surface area (TPSA) is 40.5 Å². The normalized spacial score (nSPS) is 47.8. The second-order valence-corrected chi connectivity index (χ2v) is 13.0. The Morgan fingerprint density at radius 3 is 2.58 bits per heavy atom. The molecule has 176 valence electrons. The quantitative estimate of drug-likeness (QED) is 0.460. The smallest absolute Gasteiger partial charge is 0.0799 e. The molecule has 1 unspecified atom stereocenters. The number of allylic oxidation sites excluding steroid dienone is 2. The van der Waals surface area contributed by atoms with E-state index in [1.165, 1.54) is 32.1 Å². The Kier molecular flexibility index (Phi) is 6.09. The summed E-state index contributed by atoms with van der Waals surface area (Å²) in [6.45, 7) is 13.6. The molecular weight excluding hydrogens is 380 g/mol. The van der Waals surface area contributed by atoms with Gasteiger partial charge in [0.15, 0.2) is 0 Å². The Labute approximate surface area is 191 Å². The molecule has 2 heteroatoms. The molecule has 4 aliphatic carbocycles. The Balaban J connectivity index is 1.49. The van der Waals surface area contributed by atoms with Crippen LogP contribution in [0.25, 0.3) is 0 Å². The van der Waals surface area contributed by atoms with E-state index in [0.29, 0.717) is 16.7 Å². The van der Waals surface area contributed by atoms with Gasteiger partial charge in [-0.3, -0.25) is 0 Å². The van der Waals surface area contributed by atoms with Gasteiger partial charge in [0.2, 0.25) is 0 Å². The van der Waals surface area contributed by atoms with Crippen molar-refractivity contribution in [3.63, 3.8) is 0 Å². The lowest BCUT2D eigenvalue weighted by Gasteiger charge is -2.59. The molecule has 3 fully saturated rings. The fourth-order valence-corrected chi connectivity index (χ4v) is 8.94. The third-order valence-electron chi connectivity index (χ3n) is 10.8. The highest BCUT2D eigenvalue weighted by Gasteiger charge is 2.59. The van der Waals surface area contributed by atoms with E-state index in [9.17, 15) is 10.2 Å². The fraction of sp³-hybridized carbons (Fsp3) is 0.862. The Bertz CT molecular complexity index is 731. The molecule has 2 N–H and O–H groups in total. The lowest BCUT2D eigenvalue weighted by Crippen LogP contribution is -2.52. The summed E-state index contributed by atoms with van der Waals surface area (Å²) in [5.41, 5.74) is 1.20. The van der Waals surface area contributed by atoms with Gasteiger partial charge in [-0.05, 0) is 125 Å². The van der Waals surface area contributed by atoms with E-state index in [1.54, 1.807) is 5.57 Å². The highest BCUT2D eigenvalue weighted by molar-refractivity contribution is 5.26. The lowest BCUT2D eigenvalue weighted by molar-refractivity contribution is -0.0711. The second-order valence-electron chi connectivity index (χ2n) is 13.0. The van der Waals surface area contributed by atoms with Crippen molar-refractivity contribution in [3.05, 3.63) is 23.8 Å². The highest BCUT2D eigenvalue weighted by atomic mass is 16.3. The SMILES string of the molecule is C/C=C/C(C)(O)CC[C@@H](C)[C@H]1CC[C@H]2[C@@H]3CC=C4C[C@@](C)(O)CC[C@]4(C)[C@H]3CC[C@]12C. The third-order valence-corrected chi connectivity index (χ3v) is 10.8. The van der Waals surface area contributed by atoms with Gasteiger partial charge in [-0.1, -0.05) is 44.6 Å². The summed E-state index contributed by atoms with van der Waals surface area (Å²) in [6, 6.07) is 0. The summed E-state index contributed by atoms with van der Waals surface area (Å²) in [5, 5.41) is 21.3. The summed E-state index contributed by atoms with van der Waals surface area (Å²) >= 11 is 0. The predicted molar refractivity (Wildman–Crippen MR) is 130 cm³/mol. The van der Waals surface area contributed by atoms with Crippen LogP contribution in [0.15, 0.2) is 23.8 Å². The molecule has 0 bridgehead atoms. The largest absolute Gasteiger partial charge is 0.390 e. The molecule has 0 saturated heterocycles. The van der Waals surface area contributed by atoms with Crippen molar-refractivity contribution in [1.29, 1.82) is 0 Å². The molecule has 4 rings (SSSR count). The first kappa shape index (κ1) is 23.6. The number of fused-ring (bicyclic) bond motifs is 5. The van der Waals surface area contributed by atoms with Crippen molar-refractivity contribution in [2.45, 2.75) is 117 Å². The first-order valence-electron chi connectivity index (χ1n) is 13.2. The fourth-order valence-electron chi connectivity index (χ4n) is 8.94. The maximum Gasteiger partial charge on any atom is 0.0799 e. The van der Waals surface area contributed by atoms with Crippen molar-refractivity contribution in [1.82, 2.24) is 0 Å². The van der Waals surface area contributed by atoms with Crippen LogP contribution in [0.4, 0.5) is 0 Å². The number of aliphatic hydroxyl groups is 2. The molecule has 0 spiro atoms. The molecule has 0 heterocycles. The van der Waals surface area contributed by atoms with E-state index in [2.05, 4.69) is 26.8 Å². The van der Waals surface area contributed by atoms with E-state index < -0.39 is 11.2 Å². The summed E-state index contributed by atoms with van der Waals surface area (Å²) < 4.78 is 0. The van der Waals surface area contributed by atoms with E-state index >= 15 is 0 Å². The zero-order valence-electron chi connectivity index (χ0n) is 21.1. The Morgan fingerprint density at radius 2 is 1.87 bits per heavy atom. The van der Waals surface area contributed by atoms with Gasteiger partial charge in [-0.2, -0.15) is 0 Å². The zero-order chi connectivity index (χ0) is 22.7. The monoisotopic (exact) mass is 428 g/mol. The van der Waals surface area contributed by atoms with Gasteiger partial charge in [0.05, 0.1) is 11.2 Å². The van der Waals surface area contributed by atoms with Crippen molar-refractivity contribution < 1.29 is 10.2 Å². The highest BCUT2D eigenvalue weighted by Crippen LogP contribution is 2.67. The molecule has 0 amide bonds. The standard InChI is InChI=1S/C29H48O2/c1-7-14-26(3,30)15-12-20(2)23-10-11-24-22-9-8-21-19-27(4,31)17-18-28(21,5)25(22)13-16-29(23,24)6/h7-8,14,20,22-25,30-31H,9-13,15-19H2,1-6H3/b14-7+/t20-,22+,23-,24+,25+,26?,27+,28+,29-/m1/s1. The minimum Gasteiger partial charge on any atom is -0.390 e. The summed E-state index contributed by atoms with van der Waals surface area (Å²) in [4.78, 5) is 0. The number of hydrogen-bond acceptors (Lipinski definition) is 2. The molecular formula is C29H48O2. The van der Waals surface area contributed by atoms with E-state index in [0.717, 1.165) is 55.8 Å². The Morgan fingerprint density at radius 1 is 1.13 bits per heavy atom. The summed E-state index contributed by atoms with van der Waals surface area (Å²) in [6.07, 6.45) is 18.2. The van der Waals surface area contributed by atoms with Crippen LogP contribution >= 0.6 is 0 Å². The van der Waals surface area contributed by atoms with Crippen LogP contribution in [0, 0.1) is 40.4 Å². The second kappa shape index (κ2) is 8.01. The lowest BCUT2D eigenvalue weighted by atomic mass is 9.46. The molecule has 9 atom stereocenters. The zero-order valence-corrected chi connectivity index (χ0v) is 21.1. The molecule has 0 aliphatic heterocycles. The summed E-state index contributed by atoms with van der Waals surface area (Å²) in [5.74, 6) is 3.97. The van der Waals surface area contributed by atoms with E-state index in [1.807, 2.05) is 32.9 Å². The van der Waals surface area contributed by atoms with Gasteiger partial charge in [0, 0.05) is 0 Å². The minimum absolute atomic E-state index is 0.321. The van der Waals surface area contributed by atoms with Crippen LogP contribution in [0.5, 0.6) is 0 Å². The predicted octanol–water partition coefficient (Wildman–Crippen LogP) is 7.06. The molecule has 3 saturated carbocycles. The maximum absolute atomic E-state index is 10.7. The number of rotatable bonds is 5. The average Bonchev–Trinajstić information content (AvgIpc) is 3.04. The number of hydrogen-bond donors (Lipinski definition) is 2. The van der Waals surface area contributed by atoms with Crippen LogP contribution in [0.1, 0.15) is 106 Å².